The van der Waals surface area contributed by atoms with Gasteiger partial charge in [0.2, 0.25) is 5.91 Å². The molecule has 0 N–H and O–H groups in total. The molecule has 0 fully saturated rings. The molecule has 2 rings (SSSR count). The molecule has 7 nitrogen and oxygen atoms in total. The third-order valence-corrected chi connectivity index (χ3v) is 4.76. The summed E-state index contributed by atoms with van der Waals surface area (Å²) in [5.41, 5.74) is -0.0912. The second-order valence-corrected chi connectivity index (χ2v) is 9.02. The van der Waals surface area contributed by atoms with Crippen molar-refractivity contribution < 1.29 is 28.2 Å². The molecule has 1 aromatic rings. The van der Waals surface area contributed by atoms with Gasteiger partial charge < -0.3 is 14.4 Å². The van der Waals surface area contributed by atoms with Crippen LogP contribution in [0.5, 0.6) is 0 Å². The van der Waals surface area contributed by atoms with Crippen molar-refractivity contribution in [1.29, 1.82) is 0 Å². The average molecular weight is 422 g/mol. The van der Waals surface area contributed by atoms with E-state index >= 15 is 0 Å². The molecule has 0 aromatic heterocycles. The van der Waals surface area contributed by atoms with Gasteiger partial charge in [0.25, 0.3) is 0 Å². The number of amides is 2. The topological polar surface area (TPSA) is 76.1 Å². The summed E-state index contributed by atoms with van der Waals surface area (Å²) in [6.45, 7) is 10.8. The smallest absolute Gasteiger partial charge is 0.411 e. The molecule has 166 valence electrons. The Labute approximate surface area is 177 Å². The number of benzene rings is 1. The lowest BCUT2D eigenvalue weighted by Crippen LogP contribution is -2.53. The summed E-state index contributed by atoms with van der Waals surface area (Å²) in [4.78, 5) is 40.7. The Hall–Kier alpha value is -2.64. The second-order valence-electron chi connectivity index (χ2n) is 9.02. The molecule has 0 saturated carbocycles. The van der Waals surface area contributed by atoms with Gasteiger partial charge in [-0.2, -0.15) is 0 Å². The van der Waals surface area contributed by atoms with Crippen molar-refractivity contribution in [2.24, 2.45) is 0 Å². The molecule has 0 saturated heterocycles. The summed E-state index contributed by atoms with van der Waals surface area (Å²) in [5.74, 6) is -1.11. The van der Waals surface area contributed by atoms with Gasteiger partial charge in [0.05, 0.1) is 12.1 Å². The number of hydrogen-bond acceptors (Lipinski definition) is 5. The Morgan fingerprint density at radius 1 is 1.10 bits per heavy atom. The number of rotatable bonds is 6. The van der Waals surface area contributed by atoms with E-state index in [-0.39, 0.29) is 31.3 Å². The van der Waals surface area contributed by atoms with Gasteiger partial charge in [0.15, 0.2) is 0 Å². The maximum Gasteiger partial charge on any atom is 0.411 e. The first-order chi connectivity index (χ1) is 13.8. The van der Waals surface area contributed by atoms with Crippen LogP contribution in [0.15, 0.2) is 18.2 Å². The van der Waals surface area contributed by atoms with Crippen molar-refractivity contribution in [3.63, 3.8) is 0 Å². The van der Waals surface area contributed by atoms with Crippen LogP contribution in [0.1, 0.15) is 59.1 Å². The number of esters is 1. The van der Waals surface area contributed by atoms with E-state index in [0.29, 0.717) is 13.1 Å². The van der Waals surface area contributed by atoms with Gasteiger partial charge in [-0.3, -0.25) is 14.5 Å². The molecule has 8 heteroatoms. The zero-order valence-electron chi connectivity index (χ0n) is 18.6. The molecule has 30 heavy (non-hydrogen) atoms. The average Bonchev–Trinajstić information content (AvgIpc) is 3.01. The molecule has 1 aliphatic rings. The molecule has 1 heterocycles. The maximum absolute atomic E-state index is 13.5. The van der Waals surface area contributed by atoms with Crippen LogP contribution >= 0.6 is 0 Å². The zero-order valence-corrected chi connectivity index (χ0v) is 18.6. The van der Waals surface area contributed by atoms with Crippen LogP contribution in [0, 0.1) is 5.82 Å². The fourth-order valence-electron chi connectivity index (χ4n) is 3.30. The molecule has 0 spiro atoms. The molecular weight excluding hydrogens is 391 g/mol. The highest BCUT2D eigenvalue weighted by molar-refractivity contribution is 5.82. The number of carbonyl (C=O) groups excluding carboxylic acids is 3. The van der Waals surface area contributed by atoms with E-state index in [0.717, 1.165) is 11.1 Å². The standard InChI is InChI=1S/C22H31FN2O5/c1-7-29-19(27)14-25(20(28)30-21(2,3)4)22(5,6)11-18(26)24-12-15-8-9-17(23)10-16(15)13-24/h8-10H,7,11-14H2,1-6H3. The van der Waals surface area contributed by atoms with Gasteiger partial charge >= 0.3 is 12.1 Å². The minimum atomic E-state index is -1.01. The quantitative estimate of drug-likeness (QED) is 0.655. The van der Waals surface area contributed by atoms with Crippen LogP contribution in [0.4, 0.5) is 9.18 Å². The molecule has 0 radical (unpaired) electrons. The van der Waals surface area contributed by atoms with Crippen molar-refractivity contribution in [3.8, 4) is 0 Å². The third kappa shape index (κ3) is 6.18. The van der Waals surface area contributed by atoms with Crippen LogP contribution in [-0.4, -0.2) is 52.1 Å². The Balaban J connectivity index is 2.15. The molecule has 0 atom stereocenters. The summed E-state index contributed by atoms with van der Waals surface area (Å²) in [7, 11) is 0. The summed E-state index contributed by atoms with van der Waals surface area (Å²) in [6, 6.07) is 4.48. The van der Waals surface area contributed by atoms with Gasteiger partial charge in [0, 0.05) is 19.5 Å². The highest BCUT2D eigenvalue weighted by Gasteiger charge is 2.39. The highest BCUT2D eigenvalue weighted by Crippen LogP contribution is 2.28. The first-order valence-corrected chi connectivity index (χ1v) is 10.0. The predicted molar refractivity (Wildman–Crippen MR) is 109 cm³/mol. The molecular formula is C22H31FN2O5. The van der Waals surface area contributed by atoms with E-state index in [1.807, 2.05) is 0 Å². The van der Waals surface area contributed by atoms with Gasteiger partial charge in [-0.1, -0.05) is 6.07 Å². The van der Waals surface area contributed by atoms with Gasteiger partial charge in [-0.15, -0.1) is 0 Å². The highest BCUT2D eigenvalue weighted by atomic mass is 19.1. The normalized spacial score (nSPS) is 13.6. The Bertz CT molecular complexity index is 816. The lowest BCUT2D eigenvalue weighted by molar-refractivity contribution is -0.147. The lowest BCUT2D eigenvalue weighted by atomic mass is 9.97. The first kappa shape index (κ1) is 23.6. The fraction of sp³-hybridized carbons (Fsp3) is 0.591. The van der Waals surface area contributed by atoms with E-state index in [9.17, 15) is 18.8 Å². The molecule has 0 unspecified atom stereocenters. The van der Waals surface area contributed by atoms with Crippen molar-refractivity contribution in [1.82, 2.24) is 9.80 Å². The van der Waals surface area contributed by atoms with Crippen LogP contribution < -0.4 is 0 Å². The number of halogens is 1. The van der Waals surface area contributed by atoms with E-state index in [2.05, 4.69) is 0 Å². The van der Waals surface area contributed by atoms with Crippen LogP contribution in [0.25, 0.3) is 0 Å². The largest absolute Gasteiger partial charge is 0.465 e. The minimum Gasteiger partial charge on any atom is -0.465 e. The van der Waals surface area contributed by atoms with Gasteiger partial charge in [-0.05, 0) is 64.8 Å². The Kier molecular flexibility index (Phi) is 7.10. The summed E-state index contributed by atoms with van der Waals surface area (Å²) < 4.78 is 23.9. The van der Waals surface area contributed by atoms with Gasteiger partial charge in [0.1, 0.15) is 18.0 Å². The van der Waals surface area contributed by atoms with Gasteiger partial charge in [-0.25, -0.2) is 9.18 Å². The summed E-state index contributed by atoms with van der Waals surface area (Å²) >= 11 is 0. The van der Waals surface area contributed by atoms with E-state index in [1.165, 1.54) is 17.0 Å². The zero-order chi connectivity index (χ0) is 22.7. The number of fused-ring (bicyclic) bond motifs is 1. The number of hydrogen-bond donors (Lipinski definition) is 0. The number of ether oxygens (including phenoxy) is 2. The van der Waals surface area contributed by atoms with Crippen LogP contribution in [0.2, 0.25) is 0 Å². The van der Waals surface area contributed by atoms with E-state index in [4.69, 9.17) is 9.47 Å². The third-order valence-electron chi connectivity index (χ3n) is 4.76. The van der Waals surface area contributed by atoms with E-state index in [1.54, 1.807) is 52.5 Å². The van der Waals surface area contributed by atoms with Crippen molar-refractivity contribution in [2.75, 3.05) is 13.2 Å². The van der Waals surface area contributed by atoms with Crippen molar-refractivity contribution in [2.45, 2.75) is 72.2 Å². The van der Waals surface area contributed by atoms with Crippen LogP contribution in [0.3, 0.4) is 0 Å². The number of carbonyl (C=O) groups is 3. The van der Waals surface area contributed by atoms with Crippen molar-refractivity contribution in [3.05, 3.63) is 35.1 Å². The predicted octanol–water partition coefficient (Wildman–Crippen LogP) is 3.64. The summed E-state index contributed by atoms with van der Waals surface area (Å²) in [5, 5.41) is 0. The molecule has 0 aliphatic carbocycles. The lowest BCUT2D eigenvalue weighted by Gasteiger charge is -2.39. The molecule has 1 aliphatic heterocycles. The number of nitrogens with zero attached hydrogens (tertiary/aromatic N) is 2. The van der Waals surface area contributed by atoms with Crippen molar-refractivity contribution >= 4 is 18.0 Å². The minimum absolute atomic E-state index is 0.0257. The molecule has 0 bridgehead atoms. The van der Waals surface area contributed by atoms with Crippen LogP contribution in [-0.2, 0) is 32.2 Å². The fourth-order valence-corrected chi connectivity index (χ4v) is 3.30. The molecule has 2 amide bonds. The second kappa shape index (κ2) is 9.02. The Morgan fingerprint density at radius 2 is 1.73 bits per heavy atom. The molecule has 1 aromatic carbocycles. The summed E-state index contributed by atoms with van der Waals surface area (Å²) in [6.07, 6.45) is -0.720. The monoisotopic (exact) mass is 422 g/mol. The Morgan fingerprint density at radius 3 is 2.33 bits per heavy atom. The van der Waals surface area contributed by atoms with E-state index < -0.39 is 23.2 Å². The first-order valence-electron chi connectivity index (χ1n) is 10.0. The maximum atomic E-state index is 13.5. The SMILES string of the molecule is CCOC(=O)CN(C(=O)OC(C)(C)C)C(C)(C)CC(=O)N1Cc2ccc(F)cc2C1.